The molecule has 5 unspecified atom stereocenters. The van der Waals surface area contributed by atoms with Crippen LogP contribution in [0.1, 0.15) is 99.9 Å². The first-order valence-corrected chi connectivity index (χ1v) is 26.0. The molecule has 0 bridgehead atoms. The molecule has 0 N–H and O–H groups in total. The number of rotatable bonds is 19. The summed E-state index contributed by atoms with van der Waals surface area (Å²) in [6.07, 6.45) is 4.01. The molecule has 10 aromatic carbocycles. The summed E-state index contributed by atoms with van der Waals surface area (Å²) in [5.74, 6) is 1.70. The molecule has 0 saturated heterocycles. The second-order valence-corrected chi connectivity index (χ2v) is 19.7. The first-order valence-electron chi connectivity index (χ1n) is 26.0. The van der Waals surface area contributed by atoms with E-state index >= 15 is 0 Å². The molecule has 1 nitrogen and oxygen atoms in total. The Morgan fingerprint density at radius 2 is 0.597 bits per heavy atom. The van der Waals surface area contributed by atoms with Gasteiger partial charge < -0.3 is 4.90 Å². The lowest BCUT2D eigenvalue weighted by Crippen LogP contribution is -2.13. The van der Waals surface area contributed by atoms with E-state index in [1.165, 1.54) is 61.2 Å². The summed E-state index contributed by atoms with van der Waals surface area (Å²) in [4.78, 5) is 2.34. The number of benzene rings is 10. The van der Waals surface area contributed by atoms with E-state index in [0.717, 1.165) is 42.7 Å². The number of para-hydroxylation sites is 2. The molecule has 0 heterocycles. The van der Waals surface area contributed by atoms with Crippen LogP contribution >= 0.6 is 0 Å². The molecule has 0 radical (unpaired) electrons. The fourth-order valence-electron chi connectivity index (χ4n) is 10.9. The monoisotopic (exact) mass is 932 g/mol. The Balaban J connectivity index is 0.829. The molecule has 0 aliphatic heterocycles. The zero-order valence-corrected chi connectivity index (χ0v) is 41.7. The number of aryl methyl sites for hydroxylation is 1. The van der Waals surface area contributed by atoms with Crippen LogP contribution in [0.25, 0.3) is 11.1 Å². The van der Waals surface area contributed by atoms with Crippen LogP contribution in [-0.4, -0.2) is 0 Å². The molecule has 0 saturated carbocycles. The number of anilines is 3. The van der Waals surface area contributed by atoms with Crippen molar-refractivity contribution in [2.75, 3.05) is 4.90 Å². The maximum absolute atomic E-state index is 2.40. The van der Waals surface area contributed by atoms with Gasteiger partial charge in [0, 0.05) is 23.0 Å². The molecule has 0 amide bonds. The largest absolute Gasteiger partial charge is 0.311 e. The molecule has 10 rings (SSSR count). The lowest BCUT2D eigenvalue weighted by atomic mass is 9.78. The zero-order chi connectivity index (χ0) is 48.9. The number of nitrogens with zero attached hydrogens (tertiary/aromatic N) is 1. The van der Waals surface area contributed by atoms with Crippen molar-refractivity contribution in [2.24, 2.45) is 0 Å². The Morgan fingerprint density at radius 1 is 0.278 bits per heavy atom. The van der Waals surface area contributed by atoms with Crippen molar-refractivity contribution in [1.82, 2.24) is 0 Å². The summed E-state index contributed by atoms with van der Waals surface area (Å²) < 4.78 is 0. The van der Waals surface area contributed by atoms with E-state index in [-0.39, 0.29) is 0 Å². The molecule has 10 aromatic rings. The standard InChI is InChI=1S/C71H65N/c1-53(58-23-11-4-12-24-58)70(63-27-15-6-16-28-63)52-57-35-40-64(41-36-57)69(62-25-13-5-14-26-62)50-37-55-33-38-60(39-34-55)61-44-42-59(43-45-61)54(2)71(51-56-21-9-3-10-22-56)65-46-48-68(49-47-65)72(66-29-17-7-18-30-66)67-31-19-8-20-32-67/h3-36,38-49,53-54,69-71H,37,50-52H2,1-2H3. The SMILES string of the molecule is CC(c1ccccc1)C(Cc1ccc(C(CCc2ccc(-c3ccc(C(C)C(Cc4ccccc4)c4ccc(N(c5ccccc5)c5ccccc5)cc4)cc3)cc2)c2ccccc2)cc1)c1ccccc1. The van der Waals surface area contributed by atoms with Gasteiger partial charge in [-0.25, -0.2) is 0 Å². The maximum atomic E-state index is 2.40. The van der Waals surface area contributed by atoms with Crippen LogP contribution in [0, 0.1) is 0 Å². The molecule has 72 heavy (non-hydrogen) atoms. The lowest BCUT2D eigenvalue weighted by molar-refractivity contribution is 0.572. The van der Waals surface area contributed by atoms with Gasteiger partial charge in [-0.1, -0.05) is 257 Å². The Kier molecular flexibility index (Phi) is 15.4. The van der Waals surface area contributed by atoms with Gasteiger partial charge in [0.05, 0.1) is 0 Å². The summed E-state index contributed by atoms with van der Waals surface area (Å²) in [6.45, 7) is 4.78. The minimum atomic E-state index is 0.298. The van der Waals surface area contributed by atoms with E-state index in [1.807, 2.05) is 0 Å². The molecular weight excluding hydrogens is 867 g/mol. The predicted octanol–water partition coefficient (Wildman–Crippen LogP) is 18.8. The molecule has 354 valence electrons. The van der Waals surface area contributed by atoms with Crippen LogP contribution in [0.4, 0.5) is 17.1 Å². The molecule has 5 atom stereocenters. The van der Waals surface area contributed by atoms with Crippen molar-refractivity contribution < 1.29 is 0 Å². The van der Waals surface area contributed by atoms with Gasteiger partial charge in [-0.3, -0.25) is 0 Å². The Bertz CT molecular complexity index is 3110. The van der Waals surface area contributed by atoms with E-state index in [0.29, 0.717) is 29.6 Å². The van der Waals surface area contributed by atoms with E-state index in [9.17, 15) is 0 Å². The van der Waals surface area contributed by atoms with Gasteiger partial charge in [0.15, 0.2) is 0 Å². The molecule has 0 aliphatic carbocycles. The van der Waals surface area contributed by atoms with Crippen molar-refractivity contribution in [2.45, 2.75) is 69.1 Å². The van der Waals surface area contributed by atoms with Crippen LogP contribution in [0.15, 0.2) is 279 Å². The summed E-state index contributed by atoms with van der Waals surface area (Å²) in [6, 6.07) is 103. The average Bonchev–Trinajstić information content (AvgIpc) is 3.46. The van der Waals surface area contributed by atoms with Crippen molar-refractivity contribution in [3.63, 3.8) is 0 Å². The Hall–Kier alpha value is -8.00. The fourth-order valence-corrected chi connectivity index (χ4v) is 10.9. The third kappa shape index (κ3) is 11.6. The quantitative estimate of drug-likeness (QED) is 0.0781. The summed E-state index contributed by atoms with van der Waals surface area (Å²) in [5, 5.41) is 0. The van der Waals surface area contributed by atoms with E-state index in [1.54, 1.807) is 0 Å². The topological polar surface area (TPSA) is 3.24 Å². The molecule has 0 aromatic heterocycles. The average molecular weight is 932 g/mol. The first-order chi connectivity index (χ1) is 35.5. The van der Waals surface area contributed by atoms with Crippen molar-refractivity contribution in [3.05, 3.63) is 329 Å². The van der Waals surface area contributed by atoms with Crippen molar-refractivity contribution in [1.29, 1.82) is 0 Å². The first kappa shape index (κ1) is 47.7. The Labute approximate surface area is 429 Å². The highest BCUT2D eigenvalue weighted by Crippen LogP contribution is 2.41. The molecular formula is C71H65N. The predicted molar refractivity (Wildman–Crippen MR) is 305 cm³/mol. The zero-order valence-electron chi connectivity index (χ0n) is 41.7. The molecule has 0 aliphatic rings. The number of hydrogen-bond acceptors (Lipinski definition) is 1. The van der Waals surface area contributed by atoms with Gasteiger partial charge in [0.25, 0.3) is 0 Å². The maximum Gasteiger partial charge on any atom is 0.0461 e. The second kappa shape index (κ2) is 23.3. The highest BCUT2D eigenvalue weighted by Gasteiger charge is 2.24. The van der Waals surface area contributed by atoms with Gasteiger partial charge in [-0.2, -0.15) is 0 Å². The summed E-state index contributed by atoms with van der Waals surface area (Å²) in [5.41, 5.74) is 18.3. The molecule has 1 heteroatoms. The van der Waals surface area contributed by atoms with Gasteiger partial charge >= 0.3 is 0 Å². The van der Waals surface area contributed by atoms with Gasteiger partial charge in [0.2, 0.25) is 0 Å². The summed E-state index contributed by atoms with van der Waals surface area (Å²) in [7, 11) is 0. The minimum absolute atomic E-state index is 0.298. The molecule has 0 fully saturated rings. The highest BCUT2D eigenvalue weighted by atomic mass is 15.1. The highest BCUT2D eigenvalue weighted by molar-refractivity contribution is 5.76. The van der Waals surface area contributed by atoms with Crippen LogP contribution < -0.4 is 4.90 Å². The van der Waals surface area contributed by atoms with Crippen LogP contribution in [0.5, 0.6) is 0 Å². The second-order valence-electron chi connectivity index (χ2n) is 19.7. The number of hydrogen-bond donors (Lipinski definition) is 0. The Morgan fingerprint density at radius 3 is 1.10 bits per heavy atom. The van der Waals surface area contributed by atoms with Crippen molar-refractivity contribution in [3.8, 4) is 11.1 Å². The van der Waals surface area contributed by atoms with E-state index in [2.05, 4.69) is 298 Å². The van der Waals surface area contributed by atoms with Crippen LogP contribution in [-0.2, 0) is 19.3 Å². The van der Waals surface area contributed by atoms with Gasteiger partial charge in [0.1, 0.15) is 0 Å². The molecule has 0 spiro atoms. The third-order valence-corrected chi connectivity index (χ3v) is 15.2. The van der Waals surface area contributed by atoms with E-state index in [4.69, 9.17) is 0 Å². The minimum Gasteiger partial charge on any atom is -0.311 e. The van der Waals surface area contributed by atoms with Crippen molar-refractivity contribution >= 4 is 17.1 Å². The summed E-state index contributed by atoms with van der Waals surface area (Å²) >= 11 is 0. The van der Waals surface area contributed by atoms with Gasteiger partial charge in [-0.15, -0.1) is 0 Å². The van der Waals surface area contributed by atoms with E-state index < -0.39 is 0 Å². The smallest absolute Gasteiger partial charge is 0.0461 e. The normalized spacial score (nSPS) is 13.4. The fraction of sp³-hybridized carbons (Fsp3) is 0.155. The van der Waals surface area contributed by atoms with Crippen LogP contribution in [0.2, 0.25) is 0 Å². The van der Waals surface area contributed by atoms with Gasteiger partial charge in [-0.05, 0) is 147 Å². The lowest BCUT2D eigenvalue weighted by Gasteiger charge is -2.28. The third-order valence-electron chi connectivity index (χ3n) is 15.2. The van der Waals surface area contributed by atoms with Crippen LogP contribution in [0.3, 0.4) is 0 Å².